The minimum atomic E-state index is -0.0841. The van der Waals surface area contributed by atoms with Gasteiger partial charge in [-0.25, -0.2) is 0 Å². The topological polar surface area (TPSA) is 3.24 Å². The van der Waals surface area contributed by atoms with E-state index in [1.165, 1.54) is 142 Å². The average molecular weight is 744 g/mol. The molecule has 7 aromatic rings. The van der Waals surface area contributed by atoms with Crippen LogP contribution in [0.2, 0.25) is 0 Å². The molecule has 0 amide bonds. The monoisotopic (exact) mass is 743 g/mol. The van der Waals surface area contributed by atoms with Gasteiger partial charge < -0.3 is 4.90 Å². The zero-order valence-electron chi connectivity index (χ0n) is 34.5. The van der Waals surface area contributed by atoms with E-state index in [1.54, 1.807) is 5.56 Å². The molecule has 0 unspecified atom stereocenters. The zero-order chi connectivity index (χ0) is 39.0. The normalized spacial score (nSPS) is 14.2. The van der Waals surface area contributed by atoms with Crippen LogP contribution in [-0.4, -0.2) is 0 Å². The number of hydrogen-bond acceptors (Lipinski definition) is 1. The maximum absolute atomic E-state index is 2.60. The van der Waals surface area contributed by atoms with Gasteiger partial charge in [0, 0.05) is 27.9 Å². The summed E-state index contributed by atoms with van der Waals surface area (Å²) in [6.07, 6.45) is 12.7. The van der Waals surface area contributed by atoms with Gasteiger partial charge in [-0.3, -0.25) is 0 Å². The van der Waals surface area contributed by atoms with Crippen LogP contribution < -0.4 is 4.90 Å². The van der Waals surface area contributed by atoms with Gasteiger partial charge in [0.1, 0.15) is 0 Å². The number of hydrogen-bond donors (Lipinski definition) is 0. The summed E-state index contributed by atoms with van der Waals surface area (Å²) in [7, 11) is 0. The largest absolute Gasteiger partial charge is 0.310 e. The first kappa shape index (κ1) is 37.2. The summed E-state index contributed by atoms with van der Waals surface area (Å²) in [5, 5.41) is 2.55. The molecule has 0 aliphatic heterocycles. The van der Waals surface area contributed by atoms with Crippen LogP contribution in [0, 0.1) is 0 Å². The van der Waals surface area contributed by atoms with Crippen molar-refractivity contribution < 1.29 is 0 Å². The van der Waals surface area contributed by atoms with Crippen LogP contribution >= 0.6 is 0 Å². The third-order valence-electron chi connectivity index (χ3n) is 13.5. The van der Waals surface area contributed by atoms with Gasteiger partial charge in [0.15, 0.2) is 0 Å². The lowest BCUT2D eigenvalue weighted by Gasteiger charge is -2.34. The Hall–Kier alpha value is -5.40. The fourth-order valence-electron chi connectivity index (χ4n) is 10.4. The van der Waals surface area contributed by atoms with Crippen LogP contribution in [0.15, 0.2) is 152 Å². The Morgan fingerprint density at radius 1 is 0.386 bits per heavy atom. The van der Waals surface area contributed by atoms with Crippen molar-refractivity contribution in [2.45, 2.75) is 103 Å². The fourth-order valence-corrected chi connectivity index (χ4v) is 10.4. The van der Waals surface area contributed by atoms with E-state index in [2.05, 4.69) is 184 Å². The highest BCUT2D eigenvalue weighted by Crippen LogP contribution is 2.56. The van der Waals surface area contributed by atoms with Gasteiger partial charge in [0.2, 0.25) is 0 Å². The molecule has 0 spiro atoms. The SMILES string of the molecule is CCCCCCC1(CCCCCC)c2ccccc2-c2ccc(N(c3ccc(-c4ccc5ccccc5c4)cc3)c3ccc4c(c3)C(C)(C)c3ccccc3-4)cc21. The zero-order valence-corrected chi connectivity index (χ0v) is 34.5. The van der Waals surface area contributed by atoms with E-state index in [0.29, 0.717) is 0 Å². The highest BCUT2D eigenvalue weighted by atomic mass is 15.1. The standard InChI is InChI=1S/C56H57N/c1-5-7-9-17-35-56(36-18-10-8-6-2)52-24-16-14-22-48(52)50-34-32-46(39-54(50)56)57(45-31-33-49-47-21-13-15-23-51(47)55(3,4)53(49)38-45)44-29-27-41(28-30-44)43-26-25-40-19-11-12-20-42(40)37-43/h11-16,19-34,37-39H,5-10,17-18,35-36H2,1-4H3. The third-order valence-corrected chi connectivity index (χ3v) is 13.5. The van der Waals surface area contributed by atoms with Crippen molar-refractivity contribution in [3.05, 3.63) is 174 Å². The first-order valence-corrected chi connectivity index (χ1v) is 21.8. The number of rotatable bonds is 14. The maximum atomic E-state index is 2.60. The summed E-state index contributed by atoms with van der Waals surface area (Å²) in [5.74, 6) is 0. The lowest BCUT2D eigenvalue weighted by atomic mass is 9.70. The highest BCUT2D eigenvalue weighted by molar-refractivity contribution is 5.90. The highest BCUT2D eigenvalue weighted by Gasteiger charge is 2.43. The van der Waals surface area contributed by atoms with Crippen LogP contribution in [0.25, 0.3) is 44.2 Å². The number of nitrogens with zero attached hydrogens (tertiary/aromatic N) is 1. The molecule has 0 atom stereocenters. The molecule has 286 valence electrons. The Bertz CT molecular complexity index is 2520. The van der Waals surface area contributed by atoms with Crippen LogP contribution in [0.4, 0.5) is 17.1 Å². The Morgan fingerprint density at radius 3 is 1.56 bits per heavy atom. The minimum Gasteiger partial charge on any atom is -0.310 e. The first-order valence-electron chi connectivity index (χ1n) is 21.8. The third kappa shape index (κ3) is 6.60. The van der Waals surface area contributed by atoms with Crippen molar-refractivity contribution in [2.24, 2.45) is 0 Å². The van der Waals surface area contributed by atoms with E-state index < -0.39 is 0 Å². The molecule has 0 heterocycles. The van der Waals surface area contributed by atoms with Gasteiger partial charge in [-0.1, -0.05) is 188 Å². The number of benzene rings is 7. The predicted molar refractivity (Wildman–Crippen MR) is 245 cm³/mol. The second-order valence-electron chi connectivity index (χ2n) is 17.3. The van der Waals surface area contributed by atoms with Crippen LogP contribution in [0.5, 0.6) is 0 Å². The summed E-state index contributed by atoms with van der Waals surface area (Å²) in [6.45, 7) is 9.44. The van der Waals surface area contributed by atoms with Gasteiger partial charge in [0.25, 0.3) is 0 Å². The van der Waals surface area contributed by atoms with Crippen molar-refractivity contribution in [3.8, 4) is 33.4 Å². The average Bonchev–Trinajstić information content (AvgIpc) is 3.65. The molecule has 0 saturated heterocycles. The van der Waals surface area contributed by atoms with Crippen molar-refractivity contribution in [1.82, 2.24) is 0 Å². The second kappa shape index (κ2) is 15.5. The summed E-state index contributed by atoms with van der Waals surface area (Å²) in [5.41, 5.74) is 17.5. The van der Waals surface area contributed by atoms with E-state index in [0.717, 1.165) is 0 Å². The molecule has 57 heavy (non-hydrogen) atoms. The molecular weight excluding hydrogens is 687 g/mol. The first-order chi connectivity index (χ1) is 27.9. The van der Waals surface area contributed by atoms with E-state index in [-0.39, 0.29) is 10.8 Å². The van der Waals surface area contributed by atoms with Crippen LogP contribution in [-0.2, 0) is 10.8 Å². The molecular formula is C56H57N. The molecule has 0 radical (unpaired) electrons. The van der Waals surface area contributed by atoms with E-state index in [4.69, 9.17) is 0 Å². The van der Waals surface area contributed by atoms with Crippen molar-refractivity contribution >= 4 is 27.8 Å². The number of anilines is 3. The lowest BCUT2D eigenvalue weighted by molar-refractivity contribution is 0.401. The minimum absolute atomic E-state index is 0.0244. The Balaban J connectivity index is 1.19. The van der Waals surface area contributed by atoms with Crippen LogP contribution in [0.1, 0.15) is 114 Å². The number of unbranched alkanes of at least 4 members (excludes halogenated alkanes) is 6. The summed E-state index contributed by atoms with van der Waals surface area (Å²) in [4.78, 5) is 2.53. The van der Waals surface area contributed by atoms with Crippen LogP contribution in [0.3, 0.4) is 0 Å². The molecule has 1 heteroatoms. The van der Waals surface area contributed by atoms with Gasteiger partial charge in [0.05, 0.1) is 0 Å². The number of fused-ring (bicyclic) bond motifs is 7. The van der Waals surface area contributed by atoms with Gasteiger partial charge >= 0.3 is 0 Å². The molecule has 0 bridgehead atoms. The Kier molecular flexibility index (Phi) is 10.1. The summed E-state index contributed by atoms with van der Waals surface area (Å²) < 4.78 is 0. The van der Waals surface area contributed by atoms with E-state index in [1.807, 2.05) is 0 Å². The van der Waals surface area contributed by atoms with Gasteiger partial charge in [-0.05, 0) is 122 Å². The summed E-state index contributed by atoms with van der Waals surface area (Å²) in [6, 6.07) is 57.8. The maximum Gasteiger partial charge on any atom is 0.0465 e. The molecule has 0 aromatic heterocycles. The van der Waals surface area contributed by atoms with E-state index >= 15 is 0 Å². The molecule has 0 N–H and O–H groups in total. The van der Waals surface area contributed by atoms with Crippen molar-refractivity contribution in [3.63, 3.8) is 0 Å². The molecule has 1 nitrogen and oxygen atoms in total. The Labute approximate surface area is 341 Å². The molecule has 2 aliphatic rings. The van der Waals surface area contributed by atoms with Gasteiger partial charge in [-0.2, -0.15) is 0 Å². The van der Waals surface area contributed by atoms with Crippen molar-refractivity contribution in [1.29, 1.82) is 0 Å². The Morgan fingerprint density at radius 2 is 0.895 bits per heavy atom. The molecule has 2 aliphatic carbocycles. The smallest absolute Gasteiger partial charge is 0.0465 e. The predicted octanol–water partition coefficient (Wildman–Crippen LogP) is 16.5. The quantitative estimate of drug-likeness (QED) is 0.100. The van der Waals surface area contributed by atoms with Gasteiger partial charge in [-0.15, -0.1) is 0 Å². The molecule has 7 aromatic carbocycles. The van der Waals surface area contributed by atoms with Crippen molar-refractivity contribution in [2.75, 3.05) is 4.90 Å². The second-order valence-corrected chi connectivity index (χ2v) is 17.3. The molecule has 0 fully saturated rings. The molecule has 0 saturated carbocycles. The van der Waals surface area contributed by atoms with E-state index in [9.17, 15) is 0 Å². The fraction of sp³-hybridized carbons (Fsp3) is 0.286. The lowest BCUT2D eigenvalue weighted by Crippen LogP contribution is -2.26. The molecule has 9 rings (SSSR count). The summed E-state index contributed by atoms with van der Waals surface area (Å²) >= 11 is 0.